The van der Waals surface area contributed by atoms with Gasteiger partial charge >= 0.3 is 0 Å². The molecule has 96 valence electrons. The Morgan fingerprint density at radius 1 is 1.00 bits per heavy atom. The van der Waals surface area contributed by atoms with Crippen molar-refractivity contribution in [2.24, 2.45) is 0 Å². The molecule has 1 nitrogen and oxygen atoms in total. The van der Waals surface area contributed by atoms with E-state index < -0.39 is 0 Å². The van der Waals surface area contributed by atoms with Crippen LogP contribution in [0.15, 0.2) is 44.7 Å². The van der Waals surface area contributed by atoms with Crippen molar-refractivity contribution in [2.45, 2.75) is 25.9 Å². The highest BCUT2D eigenvalue weighted by Crippen LogP contribution is 2.27. The number of rotatable bonds is 4. The Hall–Kier alpha value is -0.160. The molecule has 0 spiro atoms. The van der Waals surface area contributed by atoms with Gasteiger partial charge in [0, 0.05) is 31.3 Å². The lowest BCUT2D eigenvalue weighted by atomic mass is 10.1. The average molecular weight is 389 g/mol. The molecule has 2 rings (SSSR count). The molecule has 1 aromatic carbocycles. The lowest BCUT2D eigenvalue weighted by molar-refractivity contribution is 0.500. The van der Waals surface area contributed by atoms with Crippen LogP contribution < -0.4 is 5.32 Å². The van der Waals surface area contributed by atoms with Gasteiger partial charge in [-0.1, -0.05) is 28.1 Å². The van der Waals surface area contributed by atoms with Crippen molar-refractivity contribution >= 4 is 43.2 Å². The van der Waals surface area contributed by atoms with E-state index in [2.05, 4.69) is 86.7 Å². The normalized spacial score (nSPS) is 14.4. The molecule has 1 aromatic heterocycles. The van der Waals surface area contributed by atoms with Crippen molar-refractivity contribution in [3.05, 3.63) is 55.1 Å². The lowest BCUT2D eigenvalue weighted by Crippen LogP contribution is -2.21. The number of benzene rings is 1. The second-order valence-electron chi connectivity index (χ2n) is 4.33. The van der Waals surface area contributed by atoms with Crippen LogP contribution in [0, 0.1) is 0 Å². The first-order chi connectivity index (χ1) is 8.56. The number of halogens is 2. The Morgan fingerprint density at radius 2 is 1.67 bits per heavy atom. The van der Waals surface area contributed by atoms with Crippen LogP contribution in [0.3, 0.4) is 0 Å². The summed E-state index contributed by atoms with van der Waals surface area (Å²) < 4.78 is 2.28. The molecule has 1 heterocycles. The Balaban J connectivity index is 2.02. The monoisotopic (exact) mass is 387 g/mol. The van der Waals surface area contributed by atoms with Gasteiger partial charge in [-0.2, -0.15) is 0 Å². The zero-order chi connectivity index (χ0) is 13.1. The number of hydrogen-bond donors (Lipinski definition) is 1. The quantitative estimate of drug-likeness (QED) is 0.709. The van der Waals surface area contributed by atoms with Crippen molar-refractivity contribution in [1.29, 1.82) is 0 Å². The van der Waals surface area contributed by atoms with E-state index >= 15 is 0 Å². The summed E-state index contributed by atoms with van der Waals surface area (Å²) in [5.74, 6) is 0. The van der Waals surface area contributed by atoms with Crippen LogP contribution >= 0.6 is 43.2 Å². The molecule has 2 atom stereocenters. The highest BCUT2D eigenvalue weighted by molar-refractivity contribution is 9.10. The molecule has 0 aliphatic carbocycles. The van der Waals surface area contributed by atoms with Gasteiger partial charge in [0.25, 0.3) is 0 Å². The van der Waals surface area contributed by atoms with Crippen molar-refractivity contribution < 1.29 is 0 Å². The summed E-state index contributed by atoms with van der Waals surface area (Å²) >= 11 is 8.74. The topological polar surface area (TPSA) is 12.0 Å². The molecule has 1 N–H and O–H groups in total. The third-order valence-electron chi connectivity index (χ3n) is 2.88. The average Bonchev–Trinajstić information content (AvgIpc) is 2.76. The van der Waals surface area contributed by atoms with E-state index in [1.54, 1.807) is 11.3 Å². The zero-order valence-corrected chi connectivity index (χ0v) is 14.3. The Bertz CT molecular complexity index is 507. The minimum absolute atomic E-state index is 0.342. The number of hydrogen-bond acceptors (Lipinski definition) is 2. The molecule has 0 fully saturated rings. The van der Waals surface area contributed by atoms with Crippen LogP contribution in [0.1, 0.15) is 36.4 Å². The summed E-state index contributed by atoms with van der Waals surface area (Å²) in [6, 6.07) is 11.3. The Morgan fingerprint density at radius 3 is 2.22 bits per heavy atom. The molecule has 0 amide bonds. The second-order valence-corrected chi connectivity index (χ2v) is 7.10. The Kier molecular flexibility index (Phi) is 5.01. The van der Waals surface area contributed by atoms with Crippen molar-refractivity contribution in [3.8, 4) is 0 Å². The molecule has 0 bridgehead atoms. The molecular weight excluding hydrogens is 374 g/mol. The molecule has 0 radical (unpaired) electrons. The highest BCUT2D eigenvalue weighted by atomic mass is 79.9. The van der Waals surface area contributed by atoms with Crippen LogP contribution in [0.4, 0.5) is 0 Å². The number of nitrogens with one attached hydrogen (secondary N) is 1. The minimum Gasteiger partial charge on any atom is -0.303 e. The van der Waals surface area contributed by atoms with Gasteiger partial charge in [-0.25, -0.2) is 0 Å². The van der Waals surface area contributed by atoms with Gasteiger partial charge in [0.05, 0.1) is 0 Å². The zero-order valence-electron chi connectivity index (χ0n) is 10.3. The molecule has 2 unspecified atom stereocenters. The van der Waals surface area contributed by atoms with E-state index in [4.69, 9.17) is 0 Å². The standard InChI is InChI=1S/C14H15Br2NS/c1-9(11-3-5-12(15)6-4-11)17-10(2)14-7-13(16)8-18-14/h3-10,17H,1-2H3. The van der Waals surface area contributed by atoms with Gasteiger partial charge in [0.2, 0.25) is 0 Å². The van der Waals surface area contributed by atoms with Crippen LogP contribution in [0.25, 0.3) is 0 Å². The first-order valence-corrected chi connectivity index (χ1v) is 8.28. The Labute approximate surface area is 129 Å². The maximum atomic E-state index is 3.62. The van der Waals surface area contributed by atoms with E-state index in [1.807, 2.05) is 0 Å². The lowest BCUT2D eigenvalue weighted by Gasteiger charge is -2.19. The summed E-state index contributed by atoms with van der Waals surface area (Å²) in [6.07, 6.45) is 0. The summed E-state index contributed by atoms with van der Waals surface area (Å²) in [5.41, 5.74) is 1.31. The molecule has 0 aliphatic rings. The summed E-state index contributed by atoms with van der Waals surface area (Å²) in [6.45, 7) is 4.40. The van der Waals surface area contributed by atoms with Crippen LogP contribution in [0.5, 0.6) is 0 Å². The fraction of sp³-hybridized carbons (Fsp3) is 0.286. The molecular formula is C14H15Br2NS. The fourth-order valence-corrected chi connectivity index (χ4v) is 3.59. The molecule has 0 saturated heterocycles. The highest BCUT2D eigenvalue weighted by Gasteiger charge is 2.12. The molecule has 2 aromatic rings. The maximum Gasteiger partial charge on any atom is 0.0391 e. The van der Waals surface area contributed by atoms with Crippen molar-refractivity contribution in [2.75, 3.05) is 0 Å². The van der Waals surface area contributed by atoms with Crippen LogP contribution in [-0.4, -0.2) is 0 Å². The van der Waals surface area contributed by atoms with Gasteiger partial charge in [0.1, 0.15) is 0 Å². The predicted molar refractivity (Wildman–Crippen MR) is 86.1 cm³/mol. The molecule has 0 aliphatic heterocycles. The van der Waals surface area contributed by atoms with Crippen LogP contribution in [-0.2, 0) is 0 Å². The van der Waals surface area contributed by atoms with E-state index in [1.165, 1.54) is 10.4 Å². The fourth-order valence-electron chi connectivity index (χ4n) is 1.86. The SMILES string of the molecule is CC(NC(C)c1cc(Br)cs1)c1ccc(Br)cc1. The first-order valence-electron chi connectivity index (χ1n) is 5.81. The van der Waals surface area contributed by atoms with Crippen molar-refractivity contribution in [3.63, 3.8) is 0 Å². The summed E-state index contributed by atoms with van der Waals surface area (Å²) in [5, 5.41) is 5.74. The number of thiophene rings is 1. The first kappa shape index (κ1) is 14.3. The van der Waals surface area contributed by atoms with E-state index in [0.717, 1.165) is 8.95 Å². The molecule has 0 saturated carbocycles. The van der Waals surface area contributed by atoms with E-state index in [9.17, 15) is 0 Å². The summed E-state index contributed by atoms with van der Waals surface area (Å²) in [4.78, 5) is 1.35. The maximum absolute atomic E-state index is 3.62. The smallest absolute Gasteiger partial charge is 0.0391 e. The van der Waals surface area contributed by atoms with Crippen LogP contribution in [0.2, 0.25) is 0 Å². The van der Waals surface area contributed by atoms with E-state index in [-0.39, 0.29) is 0 Å². The van der Waals surface area contributed by atoms with Gasteiger partial charge in [-0.3, -0.25) is 0 Å². The third kappa shape index (κ3) is 3.67. The third-order valence-corrected chi connectivity index (χ3v) is 5.29. The summed E-state index contributed by atoms with van der Waals surface area (Å²) in [7, 11) is 0. The predicted octanol–water partition coefficient (Wildman–Crippen LogP) is 5.68. The molecule has 18 heavy (non-hydrogen) atoms. The van der Waals surface area contributed by atoms with Gasteiger partial charge in [0.15, 0.2) is 0 Å². The van der Waals surface area contributed by atoms with E-state index in [0.29, 0.717) is 12.1 Å². The van der Waals surface area contributed by atoms with Gasteiger partial charge in [-0.05, 0) is 53.5 Å². The van der Waals surface area contributed by atoms with Gasteiger partial charge in [-0.15, -0.1) is 11.3 Å². The van der Waals surface area contributed by atoms with Crippen molar-refractivity contribution in [1.82, 2.24) is 5.32 Å². The second kappa shape index (κ2) is 6.33. The minimum atomic E-state index is 0.342. The molecule has 4 heteroatoms. The van der Waals surface area contributed by atoms with Gasteiger partial charge < -0.3 is 5.32 Å². The largest absolute Gasteiger partial charge is 0.303 e.